The lowest BCUT2D eigenvalue weighted by atomic mass is 10.2. The van der Waals surface area contributed by atoms with Gasteiger partial charge >= 0.3 is 6.03 Å². The van der Waals surface area contributed by atoms with Gasteiger partial charge in [-0.05, 0) is 5.56 Å². The molecule has 0 aliphatic rings. The van der Waals surface area contributed by atoms with Crippen molar-refractivity contribution in [2.45, 2.75) is 6.54 Å². The second kappa shape index (κ2) is 7.00. The Hall–Kier alpha value is -2.57. The average Bonchev–Trinajstić information content (AvgIpc) is 2.35. The van der Waals surface area contributed by atoms with Gasteiger partial charge in [0.25, 0.3) is 0 Å². The zero-order chi connectivity index (χ0) is 14.3. The van der Waals surface area contributed by atoms with Gasteiger partial charge in [-0.2, -0.15) is 0 Å². The molecule has 1 rings (SSSR count). The zero-order valence-electron chi connectivity index (χ0n) is 10.3. The number of rotatable bonds is 6. The lowest BCUT2D eigenvalue weighted by molar-refractivity contribution is -0.120. The van der Waals surface area contributed by atoms with Crippen molar-refractivity contribution in [1.29, 1.82) is 0 Å². The quantitative estimate of drug-likeness (QED) is 0.622. The molecule has 0 heterocycles. The summed E-state index contributed by atoms with van der Waals surface area (Å²) in [6.45, 7) is -0.430. The largest absolute Gasteiger partial charge is 0.368 e. The Balaban J connectivity index is 2.56. The molecule has 19 heavy (non-hydrogen) atoms. The minimum Gasteiger partial charge on any atom is -0.368 e. The Bertz CT molecular complexity index is 445. The molecule has 0 fully saturated rings. The fraction of sp³-hybridized carbons (Fsp3) is 0.250. The van der Waals surface area contributed by atoms with E-state index in [9.17, 15) is 14.4 Å². The Morgan fingerprint density at radius 1 is 1.00 bits per heavy atom. The van der Waals surface area contributed by atoms with Crippen LogP contribution >= 0.6 is 0 Å². The first-order valence-corrected chi connectivity index (χ1v) is 5.62. The second-order valence-corrected chi connectivity index (χ2v) is 3.93. The number of urea groups is 1. The van der Waals surface area contributed by atoms with Crippen molar-refractivity contribution in [1.82, 2.24) is 10.2 Å². The van der Waals surface area contributed by atoms with Crippen LogP contribution in [-0.2, 0) is 16.1 Å². The number of amides is 4. The van der Waals surface area contributed by atoms with E-state index in [1.165, 1.54) is 0 Å². The molecule has 0 unspecified atom stereocenters. The lowest BCUT2D eigenvalue weighted by Crippen LogP contribution is -2.47. The number of benzene rings is 1. The summed E-state index contributed by atoms with van der Waals surface area (Å²) < 4.78 is 0. The summed E-state index contributed by atoms with van der Waals surface area (Å²) in [5.41, 5.74) is 10.9. The third-order valence-corrected chi connectivity index (χ3v) is 2.27. The molecule has 4 amide bonds. The van der Waals surface area contributed by atoms with Gasteiger partial charge in [-0.3, -0.25) is 9.59 Å². The number of nitrogens with one attached hydrogen (secondary N) is 1. The predicted molar refractivity (Wildman–Crippen MR) is 68.6 cm³/mol. The maximum absolute atomic E-state index is 11.8. The summed E-state index contributed by atoms with van der Waals surface area (Å²) in [5, 5.41) is 2.58. The molecule has 0 atom stereocenters. The molecule has 7 nitrogen and oxygen atoms in total. The maximum Gasteiger partial charge on any atom is 0.318 e. The van der Waals surface area contributed by atoms with Gasteiger partial charge in [-0.15, -0.1) is 0 Å². The van der Waals surface area contributed by atoms with Crippen molar-refractivity contribution < 1.29 is 14.4 Å². The molecule has 0 aliphatic carbocycles. The number of hydrogen-bond acceptors (Lipinski definition) is 3. The summed E-state index contributed by atoms with van der Waals surface area (Å²) in [5.74, 6) is -1.42. The van der Waals surface area contributed by atoms with Gasteiger partial charge in [0.05, 0.1) is 0 Å². The van der Waals surface area contributed by atoms with E-state index in [1.807, 2.05) is 30.3 Å². The van der Waals surface area contributed by atoms with Gasteiger partial charge in [0.15, 0.2) is 0 Å². The molecule has 1 aromatic carbocycles. The van der Waals surface area contributed by atoms with Crippen molar-refractivity contribution >= 4 is 17.8 Å². The van der Waals surface area contributed by atoms with Crippen LogP contribution in [0.4, 0.5) is 4.79 Å². The summed E-state index contributed by atoms with van der Waals surface area (Å²) in [7, 11) is 0. The highest BCUT2D eigenvalue weighted by Crippen LogP contribution is 1.98. The molecule has 0 saturated heterocycles. The van der Waals surface area contributed by atoms with Crippen LogP contribution in [0.1, 0.15) is 5.56 Å². The van der Waals surface area contributed by atoms with Gasteiger partial charge in [-0.25, -0.2) is 4.79 Å². The Morgan fingerprint density at radius 3 is 2.00 bits per heavy atom. The van der Waals surface area contributed by atoms with Gasteiger partial charge < -0.3 is 21.7 Å². The summed E-state index contributed by atoms with van der Waals surface area (Å²) in [6, 6.07) is 8.65. The van der Waals surface area contributed by atoms with Crippen molar-refractivity contribution in [2.75, 3.05) is 13.1 Å². The van der Waals surface area contributed by atoms with Crippen LogP contribution in [-0.4, -0.2) is 35.8 Å². The van der Waals surface area contributed by atoms with E-state index in [0.29, 0.717) is 0 Å². The highest BCUT2D eigenvalue weighted by molar-refractivity contribution is 5.87. The molecule has 102 valence electrons. The average molecular weight is 264 g/mol. The van der Waals surface area contributed by atoms with Crippen molar-refractivity contribution in [3.8, 4) is 0 Å². The Kier molecular flexibility index (Phi) is 5.34. The molecule has 0 aromatic heterocycles. The number of carbonyl (C=O) groups is 3. The second-order valence-electron chi connectivity index (χ2n) is 3.93. The van der Waals surface area contributed by atoms with Crippen LogP contribution in [0.5, 0.6) is 0 Å². The van der Waals surface area contributed by atoms with E-state index in [2.05, 4.69) is 5.32 Å². The first-order valence-electron chi connectivity index (χ1n) is 5.62. The molecular weight excluding hydrogens is 248 g/mol. The van der Waals surface area contributed by atoms with E-state index in [1.54, 1.807) is 0 Å². The van der Waals surface area contributed by atoms with Gasteiger partial charge in [0.2, 0.25) is 11.8 Å². The monoisotopic (exact) mass is 264 g/mol. The Labute approximate surface area is 110 Å². The fourth-order valence-electron chi connectivity index (χ4n) is 1.46. The molecule has 7 heteroatoms. The van der Waals surface area contributed by atoms with E-state index in [0.717, 1.165) is 10.5 Å². The molecular formula is C12H16N4O3. The number of hydrogen-bond donors (Lipinski definition) is 3. The van der Waals surface area contributed by atoms with Crippen molar-refractivity contribution in [3.63, 3.8) is 0 Å². The normalized spacial score (nSPS) is 9.68. The standard InChI is InChI=1S/C12H16N4O3/c13-10(17)7-16(8-11(14)18)12(19)15-6-9-4-2-1-3-5-9/h1-5H,6-8H2,(H2,13,17)(H2,14,18)(H,15,19). The van der Waals surface area contributed by atoms with Crippen molar-refractivity contribution in [3.05, 3.63) is 35.9 Å². The maximum atomic E-state index is 11.8. The van der Waals surface area contributed by atoms with Crippen LogP contribution in [0, 0.1) is 0 Å². The molecule has 1 aromatic rings. The minimum absolute atomic E-state index is 0.285. The van der Waals surface area contributed by atoms with Crippen LogP contribution in [0.2, 0.25) is 0 Å². The summed E-state index contributed by atoms with van der Waals surface area (Å²) >= 11 is 0. The number of nitrogens with zero attached hydrogens (tertiary/aromatic N) is 1. The third kappa shape index (κ3) is 5.53. The third-order valence-electron chi connectivity index (χ3n) is 2.27. The van der Waals surface area contributed by atoms with E-state index >= 15 is 0 Å². The number of carbonyl (C=O) groups excluding carboxylic acids is 3. The zero-order valence-corrected chi connectivity index (χ0v) is 10.3. The van der Waals surface area contributed by atoms with Crippen molar-refractivity contribution in [2.24, 2.45) is 11.5 Å². The van der Waals surface area contributed by atoms with E-state index in [-0.39, 0.29) is 19.6 Å². The first-order chi connectivity index (χ1) is 8.99. The van der Waals surface area contributed by atoms with E-state index < -0.39 is 17.8 Å². The molecule has 0 saturated carbocycles. The number of nitrogens with two attached hydrogens (primary N) is 2. The molecule has 0 spiro atoms. The van der Waals surface area contributed by atoms with Crippen LogP contribution in [0.15, 0.2) is 30.3 Å². The first kappa shape index (κ1) is 14.5. The smallest absolute Gasteiger partial charge is 0.318 e. The topological polar surface area (TPSA) is 119 Å². The van der Waals surface area contributed by atoms with Gasteiger partial charge in [0, 0.05) is 6.54 Å². The van der Waals surface area contributed by atoms with Gasteiger partial charge in [-0.1, -0.05) is 30.3 Å². The molecule has 0 bridgehead atoms. The summed E-state index contributed by atoms with van der Waals surface area (Å²) in [4.78, 5) is 34.4. The molecule has 0 radical (unpaired) electrons. The highest BCUT2D eigenvalue weighted by Gasteiger charge is 2.17. The van der Waals surface area contributed by atoms with Crippen LogP contribution in [0.25, 0.3) is 0 Å². The Morgan fingerprint density at radius 2 is 1.53 bits per heavy atom. The van der Waals surface area contributed by atoms with E-state index in [4.69, 9.17) is 11.5 Å². The SMILES string of the molecule is NC(=O)CN(CC(N)=O)C(=O)NCc1ccccc1. The van der Waals surface area contributed by atoms with Crippen LogP contribution in [0.3, 0.4) is 0 Å². The van der Waals surface area contributed by atoms with Crippen LogP contribution < -0.4 is 16.8 Å². The minimum atomic E-state index is -0.712. The van der Waals surface area contributed by atoms with Gasteiger partial charge in [0.1, 0.15) is 13.1 Å². The fourth-order valence-corrected chi connectivity index (χ4v) is 1.46. The number of primary amides is 2. The highest BCUT2D eigenvalue weighted by atomic mass is 16.2. The molecule has 5 N–H and O–H groups in total. The summed E-state index contributed by atoms with van der Waals surface area (Å²) in [6.07, 6.45) is 0. The lowest BCUT2D eigenvalue weighted by Gasteiger charge is -2.19. The predicted octanol–water partition coefficient (Wildman–Crippen LogP) is -0.831. The molecule has 0 aliphatic heterocycles.